The van der Waals surface area contributed by atoms with Gasteiger partial charge in [-0.1, -0.05) is 0 Å². The summed E-state index contributed by atoms with van der Waals surface area (Å²) in [6, 6.07) is 5.11. The van der Waals surface area contributed by atoms with Crippen molar-refractivity contribution in [3.8, 4) is 0 Å². The van der Waals surface area contributed by atoms with E-state index in [4.69, 9.17) is 16.6 Å². The van der Waals surface area contributed by atoms with Crippen LogP contribution in [0, 0.1) is 4.84 Å². The molecule has 0 aliphatic rings. The lowest BCUT2D eigenvalue weighted by Gasteiger charge is -2.01. The number of nitrogens with one attached hydrogen (secondary N) is 2. The summed E-state index contributed by atoms with van der Waals surface area (Å²) in [4.78, 5) is 15.2. The molecule has 2 N–H and O–H groups in total. The molecule has 7 heteroatoms. The highest BCUT2D eigenvalue weighted by Gasteiger charge is 2.09. The molecule has 0 fully saturated rings. The second-order valence-corrected chi connectivity index (χ2v) is 4.45. The number of amides is 1. The molecular weight excluding hydrogens is 264 g/mol. The van der Waals surface area contributed by atoms with E-state index in [1.54, 1.807) is 42.3 Å². The van der Waals surface area contributed by atoms with Gasteiger partial charge in [-0.25, -0.2) is 0 Å². The van der Waals surface area contributed by atoms with E-state index < -0.39 is 0 Å². The quantitative estimate of drug-likeness (QED) is 0.704. The van der Waals surface area contributed by atoms with Crippen LogP contribution in [0.1, 0.15) is 10.4 Å². The largest absolute Gasteiger partial charge is 0.429 e. The van der Waals surface area contributed by atoms with Gasteiger partial charge in [-0.3, -0.25) is 9.48 Å². The number of hydrogen-bond acceptors (Lipinski definition) is 4. The average molecular weight is 274 g/mol. The van der Waals surface area contributed by atoms with Crippen molar-refractivity contribution in [2.75, 3.05) is 5.32 Å². The van der Waals surface area contributed by atoms with E-state index in [-0.39, 0.29) is 5.91 Å². The Bertz CT molecular complexity index is 814. The van der Waals surface area contributed by atoms with Gasteiger partial charge in [0.25, 0.3) is 10.7 Å². The van der Waals surface area contributed by atoms with Gasteiger partial charge >= 0.3 is 0 Å². The monoisotopic (exact) mass is 274 g/mol. The minimum absolute atomic E-state index is 0.225. The number of aromatic nitrogens is 3. The first-order valence-corrected chi connectivity index (χ1v) is 5.95. The van der Waals surface area contributed by atoms with Crippen LogP contribution in [0.2, 0.25) is 0 Å². The zero-order chi connectivity index (χ0) is 13.4. The molecule has 0 saturated heterocycles. The van der Waals surface area contributed by atoms with Gasteiger partial charge in [-0.05, 0) is 30.4 Å². The zero-order valence-electron chi connectivity index (χ0n) is 10.0. The van der Waals surface area contributed by atoms with E-state index in [1.165, 1.54) is 0 Å². The molecule has 0 aliphatic carbocycles. The lowest BCUT2D eigenvalue weighted by atomic mass is 10.2. The van der Waals surface area contributed by atoms with Crippen LogP contribution < -0.4 is 5.32 Å². The SMILES string of the molecule is Cn1cc(NC(=O)c2ccc3[nH]c(=S)oc3c2)cn1. The van der Waals surface area contributed by atoms with Crippen LogP contribution in [0.25, 0.3) is 11.1 Å². The van der Waals surface area contributed by atoms with Gasteiger partial charge in [0, 0.05) is 18.8 Å². The maximum Gasteiger partial charge on any atom is 0.266 e. The minimum Gasteiger partial charge on any atom is -0.429 e. The van der Waals surface area contributed by atoms with Gasteiger partial charge in [0.05, 0.1) is 17.4 Å². The molecule has 0 saturated carbocycles. The summed E-state index contributed by atoms with van der Waals surface area (Å²) in [6.07, 6.45) is 3.30. The van der Waals surface area contributed by atoms with E-state index in [0.29, 0.717) is 21.7 Å². The maximum atomic E-state index is 12.0. The Morgan fingerprint density at radius 3 is 3.11 bits per heavy atom. The Hall–Kier alpha value is -2.41. The Morgan fingerprint density at radius 1 is 1.53 bits per heavy atom. The van der Waals surface area contributed by atoms with Crippen molar-refractivity contribution in [2.45, 2.75) is 0 Å². The second-order valence-electron chi connectivity index (χ2n) is 4.08. The summed E-state index contributed by atoms with van der Waals surface area (Å²) in [5.74, 6) is -0.225. The fourth-order valence-electron chi connectivity index (χ4n) is 1.78. The number of benzene rings is 1. The molecule has 0 aliphatic heterocycles. The van der Waals surface area contributed by atoms with Crippen LogP contribution in [0.5, 0.6) is 0 Å². The predicted octanol–water partition coefficient (Wildman–Crippen LogP) is 2.48. The molecule has 3 aromatic rings. The van der Waals surface area contributed by atoms with Gasteiger partial charge in [0.15, 0.2) is 5.58 Å². The molecule has 1 aromatic carbocycles. The van der Waals surface area contributed by atoms with E-state index in [1.807, 2.05) is 0 Å². The van der Waals surface area contributed by atoms with Gasteiger partial charge < -0.3 is 14.7 Å². The molecule has 2 aromatic heterocycles. The minimum atomic E-state index is -0.225. The molecule has 6 nitrogen and oxygen atoms in total. The fraction of sp³-hybridized carbons (Fsp3) is 0.0833. The first-order valence-electron chi connectivity index (χ1n) is 5.55. The second kappa shape index (κ2) is 4.36. The summed E-state index contributed by atoms with van der Waals surface area (Å²) in [5.41, 5.74) is 2.46. The highest BCUT2D eigenvalue weighted by atomic mass is 32.1. The molecule has 19 heavy (non-hydrogen) atoms. The average Bonchev–Trinajstić information content (AvgIpc) is 2.93. The number of oxazole rings is 1. The predicted molar refractivity (Wildman–Crippen MR) is 72.6 cm³/mol. The van der Waals surface area contributed by atoms with E-state index in [9.17, 15) is 4.79 Å². The highest BCUT2D eigenvalue weighted by molar-refractivity contribution is 7.71. The Kier molecular flexibility index (Phi) is 2.68. The lowest BCUT2D eigenvalue weighted by Crippen LogP contribution is -2.11. The van der Waals surface area contributed by atoms with Crippen molar-refractivity contribution in [1.82, 2.24) is 14.8 Å². The summed E-state index contributed by atoms with van der Waals surface area (Å²) in [6.45, 7) is 0. The van der Waals surface area contributed by atoms with Crippen LogP contribution in [0.4, 0.5) is 5.69 Å². The fourth-order valence-corrected chi connectivity index (χ4v) is 1.98. The third-order valence-corrected chi connectivity index (χ3v) is 2.83. The number of carbonyl (C=O) groups excluding carboxylic acids is 1. The van der Waals surface area contributed by atoms with Crippen LogP contribution >= 0.6 is 12.2 Å². The van der Waals surface area contributed by atoms with Crippen LogP contribution in [0.3, 0.4) is 0 Å². The topological polar surface area (TPSA) is 75.8 Å². The van der Waals surface area contributed by atoms with Gasteiger partial charge in [-0.15, -0.1) is 0 Å². The van der Waals surface area contributed by atoms with Gasteiger partial charge in [0.1, 0.15) is 0 Å². The zero-order valence-corrected chi connectivity index (χ0v) is 10.8. The highest BCUT2D eigenvalue weighted by Crippen LogP contribution is 2.16. The number of H-pyrrole nitrogens is 1. The van der Waals surface area contributed by atoms with Crippen molar-refractivity contribution in [1.29, 1.82) is 0 Å². The Labute approximate surface area is 113 Å². The maximum absolute atomic E-state index is 12.0. The first kappa shape index (κ1) is 11.7. The van der Waals surface area contributed by atoms with Crippen molar-refractivity contribution in [3.05, 3.63) is 41.0 Å². The number of carbonyl (C=O) groups is 1. The van der Waals surface area contributed by atoms with E-state index in [0.717, 1.165) is 5.52 Å². The smallest absolute Gasteiger partial charge is 0.266 e. The van der Waals surface area contributed by atoms with Crippen molar-refractivity contribution in [2.24, 2.45) is 7.05 Å². The van der Waals surface area contributed by atoms with Gasteiger partial charge in [-0.2, -0.15) is 5.10 Å². The molecule has 0 spiro atoms. The molecule has 1 amide bonds. The van der Waals surface area contributed by atoms with Crippen LogP contribution in [-0.4, -0.2) is 20.7 Å². The molecular formula is C12H10N4O2S. The molecule has 96 valence electrons. The van der Waals surface area contributed by atoms with Crippen molar-refractivity contribution in [3.63, 3.8) is 0 Å². The number of aromatic amines is 1. The number of rotatable bonds is 2. The summed E-state index contributed by atoms with van der Waals surface area (Å²) >= 11 is 4.90. The van der Waals surface area contributed by atoms with E-state index in [2.05, 4.69) is 15.4 Å². The molecule has 0 unspecified atom stereocenters. The summed E-state index contributed by atoms with van der Waals surface area (Å²) < 4.78 is 6.89. The molecule has 3 rings (SSSR count). The lowest BCUT2D eigenvalue weighted by molar-refractivity contribution is 0.102. The van der Waals surface area contributed by atoms with Crippen LogP contribution in [-0.2, 0) is 7.05 Å². The summed E-state index contributed by atoms with van der Waals surface area (Å²) in [5, 5.41) is 6.73. The number of hydrogen-bond donors (Lipinski definition) is 2. The number of aryl methyl sites for hydroxylation is 1. The molecule has 0 radical (unpaired) electrons. The van der Waals surface area contributed by atoms with Crippen molar-refractivity contribution < 1.29 is 9.21 Å². The number of fused-ring (bicyclic) bond motifs is 1. The van der Waals surface area contributed by atoms with Crippen LogP contribution in [0.15, 0.2) is 35.0 Å². The van der Waals surface area contributed by atoms with Gasteiger partial charge in [0.2, 0.25) is 0 Å². The normalized spacial score (nSPS) is 10.8. The molecule has 0 atom stereocenters. The number of nitrogens with zero attached hydrogens (tertiary/aromatic N) is 2. The Balaban J connectivity index is 1.90. The first-order chi connectivity index (χ1) is 9.11. The molecule has 2 heterocycles. The molecule has 0 bridgehead atoms. The third-order valence-electron chi connectivity index (χ3n) is 2.65. The Morgan fingerprint density at radius 2 is 2.37 bits per heavy atom. The third kappa shape index (κ3) is 2.27. The number of anilines is 1. The van der Waals surface area contributed by atoms with Crippen molar-refractivity contribution >= 4 is 34.9 Å². The standard InChI is InChI=1S/C12H10N4O2S/c1-16-6-8(5-13-16)14-11(17)7-2-3-9-10(4-7)18-12(19)15-9/h2-6H,1H3,(H,14,17)(H,15,19). The summed E-state index contributed by atoms with van der Waals surface area (Å²) in [7, 11) is 1.78. The van der Waals surface area contributed by atoms with E-state index >= 15 is 0 Å².